The van der Waals surface area contributed by atoms with Crippen LogP contribution < -0.4 is 5.32 Å². The van der Waals surface area contributed by atoms with E-state index < -0.39 is 0 Å². The molecule has 1 N–H and O–H groups in total. The fourth-order valence-corrected chi connectivity index (χ4v) is 1.47. The molecular formula is C12H12N2O2. The first-order valence-electron chi connectivity index (χ1n) is 4.96. The van der Waals surface area contributed by atoms with E-state index in [0.717, 1.165) is 16.8 Å². The van der Waals surface area contributed by atoms with Gasteiger partial charge in [0.2, 0.25) is 5.76 Å². The molecule has 0 saturated heterocycles. The third-order valence-corrected chi connectivity index (χ3v) is 2.29. The molecule has 2 rings (SSSR count). The fourth-order valence-electron chi connectivity index (χ4n) is 1.47. The quantitative estimate of drug-likeness (QED) is 0.839. The molecule has 0 aliphatic rings. The van der Waals surface area contributed by atoms with E-state index in [9.17, 15) is 4.79 Å². The Kier molecular flexibility index (Phi) is 2.72. The summed E-state index contributed by atoms with van der Waals surface area (Å²) < 4.78 is 4.77. The molecular weight excluding hydrogens is 204 g/mol. The van der Waals surface area contributed by atoms with Gasteiger partial charge in [-0.15, -0.1) is 0 Å². The minimum atomic E-state index is -0.288. The molecule has 0 fully saturated rings. The molecule has 0 radical (unpaired) electrons. The number of benzene rings is 1. The molecule has 2 aromatic rings. The summed E-state index contributed by atoms with van der Waals surface area (Å²) in [6, 6.07) is 7.36. The van der Waals surface area contributed by atoms with Crippen LogP contribution in [0.1, 0.15) is 21.7 Å². The van der Waals surface area contributed by atoms with Crippen molar-refractivity contribution in [1.82, 2.24) is 5.16 Å². The average Bonchev–Trinajstić information content (AvgIpc) is 2.75. The van der Waals surface area contributed by atoms with Crippen molar-refractivity contribution in [2.24, 2.45) is 0 Å². The van der Waals surface area contributed by atoms with E-state index in [-0.39, 0.29) is 11.7 Å². The van der Waals surface area contributed by atoms with Crippen LogP contribution in [0.3, 0.4) is 0 Å². The van der Waals surface area contributed by atoms with E-state index in [4.69, 9.17) is 4.52 Å². The average molecular weight is 216 g/mol. The lowest BCUT2D eigenvalue weighted by atomic mass is 10.1. The number of rotatable bonds is 2. The molecule has 0 aliphatic carbocycles. The summed E-state index contributed by atoms with van der Waals surface area (Å²) in [6.45, 7) is 3.96. The number of amides is 1. The van der Waals surface area contributed by atoms with Gasteiger partial charge in [-0.1, -0.05) is 22.9 Å². The normalized spacial score (nSPS) is 10.1. The van der Waals surface area contributed by atoms with Crippen LogP contribution in [-0.2, 0) is 0 Å². The van der Waals surface area contributed by atoms with Gasteiger partial charge in [0, 0.05) is 11.8 Å². The monoisotopic (exact) mass is 216 g/mol. The summed E-state index contributed by atoms with van der Waals surface area (Å²) in [6.07, 6.45) is 1.44. The van der Waals surface area contributed by atoms with Crippen molar-refractivity contribution in [3.8, 4) is 0 Å². The molecule has 0 saturated carbocycles. The van der Waals surface area contributed by atoms with E-state index >= 15 is 0 Å². The topological polar surface area (TPSA) is 55.1 Å². The predicted molar refractivity (Wildman–Crippen MR) is 60.4 cm³/mol. The third kappa shape index (κ3) is 2.11. The first-order chi connectivity index (χ1) is 7.66. The van der Waals surface area contributed by atoms with E-state index in [1.54, 1.807) is 0 Å². The van der Waals surface area contributed by atoms with Gasteiger partial charge in [-0.25, -0.2) is 0 Å². The van der Waals surface area contributed by atoms with Crippen LogP contribution in [0.5, 0.6) is 0 Å². The molecule has 0 unspecified atom stereocenters. The van der Waals surface area contributed by atoms with Gasteiger partial charge in [0.05, 0.1) is 6.20 Å². The van der Waals surface area contributed by atoms with E-state index in [1.807, 2.05) is 32.0 Å². The van der Waals surface area contributed by atoms with Gasteiger partial charge in [-0.05, 0) is 25.5 Å². The second kappa shape index (κ2) is 4.18. The molecule has 1 aromatic heterocycles. The zero-order chi connectivity index (χ0) is 11.5. The zero-order valence-corrected chi connectivity index (χ0v) is 9.15. The molecule has 1 aromatic carbocycles. The number of hydrogen-bond donors (Lipinski definition) is 1. The lowest BCUT2D eigenvalue weighted by Gasteiger charge is -2.07. The molecule has 16 heavy (non-hydrogen) atoms. The smallest absolute Gasteiger partial charge is 0.294 e. The van der Waals surface area contributed by atoms with Crippen molar-refractivity contribution in [3.63, 3.8) is 0 Å². The standard InChI is InChI=1S/C12H12N2O2/c1-8-3-4-10(9(2)7-8)14-12(15)11-5-6-13-16-11/h3-7H,1-2H3,(H,14,15). The molecule has 4 heteroatoms. The van der Waals surface area contributed by atoms with Crippen molar-refractivity contribution in [2.75, 3.05) is 5.32 Å². The number of aromatic nitrogens is 1. The molecule has 0 bridgehead atoms. The third-order valence-electron chi connectivity index (χ3n) is 2.29. The van der Waals surface area contributed by atoms with E-state index in [1.165, 1.54) is 12.3 Å². The summed E-state index contributed by atoms with van der Waals surface area (Å²) in [5.74, 6) is -0.0792. The number of carbonyl (C=O) groups excluding carboxylic acids is 1. The maximum absolute atomic E-state index is 11.7. The predicted octanol–water partition coefficient (Wildman–Crippen LogP) is 2.54. The number of carbonyl (C=O) groups is 1. The molecule has 0 aliphatic heterocycles. The summed E-state index contributed by atoms with van der Waals surface area (Å²) >= 11 is 0. The summed E-state index contributed by atoms with van der Waals surface area (Å²) in [4.78, 5) is 11.7. The van der Waals surface area contributed by atoms with Crippen LogP contribution in [0, 0.1) is 13.8 Å². The van der Waals surface area contributed by atoms with Gasteiger partial charge in [0.1, 0.15) is 0 Å². The minimum absolute atomic E-state index is 0.208. The first kappa shape index (κ1) is 10.4. The summed E-state index contributed by atoms with van der Waals surface area (Å²) in [5, 5.41) is 6.25. The lowest BCUT2D eigenvalue weighted by molar-refractivity contribution is 0.0988. The van der Waals surface area contributed by atoms with Crippen LogP contribution >= 0.6 is 0 Å². The second-order valence-corrected chi connectivity index (χ2v) is 3.65. The van der Waals surface area contributed by atoms with E-state index in [0.29, 0.717) is 0 Å². The Bertz CT molecular complexity index is 504. The maximum Gasteiger partial charge on any atom is 0.294 e. The van der Waals surface area contributed by atoms with Gasteiger partial charge in [-0.3, -0.25) is 4.79 Å². The molecule has 1 amide bonds. The number of hydrogen-bond acceptors (Lipinski definition) is 3. The highest BCUT2D eigenvalue weighted by Crippen LogP contribution is 2.16. The Morgan fingerprint density at radius 2 is 2.12 bits per heavy atom. The van der Waals surface area contributed by atoms with Crippen molar-refractivity contribution in [2.45, 2.75) is 13.8 Å². The molecule has 4 nitrogen and oxygen atoms in total. The fraction of sp³-hybridized carbons (Fsp3) is 0.167. The Hall–Kier alpha value is -2.10. The number of nitrogens with zero attached hydrogens (tertiary/aromatic N) is 1. The van der Waals surface area contributed by atoms with Crippen LogP contribution in [0.25, 0.3) is 0 Å². The van der Waals surface area contributed by atoms with Crippen molar-refractivity contribution in [1.29, 1.82) is 0 Å². The highest BCUT2D eigenvalue weighted by molar-refractivity contribution is 6.02. The van der Waals surface area contributed by atoms with Crippen molar-refractivity contribution >= 4 is 11.6 Å². The Morgan fingerprint density at radius 3 is 2.75 bits per heavy atom. The zero-order valence-electron chi connectivity index (χ0n) is 9.15. The maximum atomic E-state index is 11.7. The van der Waals surface area contributed by atoms with Crippen LogP contribution in [0.2, 0.25) is 0 Å². The largest absolute Gasteiger partial charge is 0.351 e. The highest BCUT2D eigenvalue weighted by Gasteiger charge is 2.10. The Balaban J connectivity index is 2.18. The number of anilines is 1. The van der Waals surface area contributed by atoms with Crippen molar-refractivity contribution in [3.05, 3.63) is 47.3 Å². The highest BCUT2D eigenvalue weighted by atomic mass is 16.5. The van der Waals surface area contributed by atoms with Crippen molar-refractivity contribution < 1.29 is 9.32 Å². The van der Waals surface area contributed by atoms with Gasteiger partial charge < -0.3 is 9.84 Å². The van der Waals surface area contributed by atoms with Crippen LogP contribution in [0.15, 0.2) is 35.0 Å². The van der Waals surface area contributed by atoms with Gasteiger partial charge in [-0.2, -0.15) is 0 Å². The summed E-state index contributed by atoms with van der Waals surface area (Å²) in [7, 11) is 0. The van der Waals surface area contributed by atoms with Gasteiger partial charge >= 0.3 is 0 Å². The SMILES string of the molecule is Cc1ccc(NC(=O)c2ccno2)c(C)c1. The summed E-state index contributed by atoms with van der Waals surface area (Å²) in [5.41, 5.74) is 2.97. The van der Waals surface area contributed by atoms with Gasteiger partial charge in [0.15, 0.2) is 0 Å². The molecule has 82 valence electrons. The van der Waals surface area contributed by atoms with E-state index in [2.05, 4.69) is 10.5 Å². The number of aryl methyl sites for hydroxylation is 2. The number of nitrogens with one attached hydrogen (secondary N) is 1. The first-order valence-corrected chi connectivity index (χ1v) is 4.96. The Labute approximate surface area is 93.3 Å². The molecule has 0 spiro atoms. The minimum Gasteiger partial charge on any atom is -0.351 e. The Morgan fingerprint density at radius 1 is 1.31 bits per heavy atom. The van der Waals surface area contributed by atoms with Crippen LogP contribution in [-0.4, -0.2) is 11.1 Å². The van der Waals surface area contributed by atoms with Crippen LogP contribution in [0.4, 0.5) is 5.69 Å². The molecule has 0 atom stereocenters. The lowest BCUT2D eigenvalue weighted by Crippen LogP contribution is -2.11. The molecule has 1 heterocycles. The second-order valence-electron chi connectivity index (χ2n) is 3.65. The van der Waals surface area contributed by atoms with Gasteiger partial charge in [0.25, 0.3) is 5.91 Å².